The molecule has 404 valence electrons. The number of nitrogens with one attached hydrogen (secondary N) is 2. The van der Waals surface area contributed by atoms with Crippen LogP contribution in [0.2, 0.25) is 10.0 Å². The summed E-state index contributed by atoms with van der Waals surface area (Å²) in [5.74, 6) is 1.43. The van der Waals surface area contributed by atoms with Crippen LogP contribution in [0.5, 0.6) is 11.5 Å². The summed E-state index contributed by atoms with van der Waals surface area (Å²) in [6.45, 7) is 11.0. The highest BCUT2D eigenvalue weighted by molar-refractivity contribution is 7.09. The second-order valence-corrected chi connectivity index (χ2v) is 21.8. The van der Waals surface area contributed by atoms with E-state index < -0.39 is 12.1 Å². The van der Waals surface area contributed by atoms with Crippen molar-refractivity contribution in [2.45, 2.75) is 63.5 Å². The van der Waals surface area contributed by atoms with Gasteiger partial charge in [-0.25, -0.2) is 0 Å². The summed E-state index contributed by atoms with van der Waals surface area (Å²) in [4.78, 5) is 39.8. The van der Waals surface area contributed by atoms with Gasteiger partial charge in [-0.3, -0.25) is 19.4 Å². The van der Waals surface area contributed by atoms with Gasteiger partial charge in [0.1, 0.15) is 34.7 Å². The number of amides is 2. The number of hydrogen-bond acceptors (Lipinski definition) is 12. The number of rotatable bonds is 28. The quantitative estimate of drug-likeness (QED) is 0.0456. The molecule has 2 unspecified atom stereocenters. The number of piperazine rings is 2. The van der Waals surface area contributed by atoms with Crippen LogP contribution in [0, 0.1) is 0 Å². The van der Waals surface area contributed by atoms with Crippen LogP contribution in [-0.4, -0.2) is 149 Å². The smallest absolute Gasteiger partial charge is 0.239 e. The van der Waals surface area contributed by atoms with E-state index in [2.05, 4.69) is 53.8 Å². The summed E-state index contributed by atoms with van der Waals surface area (Å²) in [5.41, 5.74) is 5.77. The van der Waals surface area contributed by atoms with Gasteiger partial charge in [0, 0.05) is 128 Å². The lowest BCUT2D eigenvalue weighted by Crippen LogP contribution is -2.68. The van der Waals surface area contributed by atoms with E-state index >= 15 is 0 Å². The molecular formula is C60H72Cl2N6O7S. The van der Waals surface area contributed by atoms with E-state index in [4.69, 9.17) is 46.2 Å². The molecule has 0 aliphatic carbocycles. The zero-order valence-electron chi connectivity index (χ0n) is 43.7. The molecule has 9 rings (SSSR count). The van der Waals surface area contributed by atoms with Crippen molar-refractivity contribution in [2.24, 2.45) is 0 Å². The highest BCUT2D eigenvalue weighted by atomic mass is 35.5. The van der Waals surface area contributed by atoms with E-state index in [1.807, 2.05) is 78.9 Å². The van der Waals surface area contributed by atoms with Crippen molar-refractivity contribution in [3.05, 3.63) is 130 Å². The summed E-state index contributed by atoms with van der Waals surface area (Å²) >= 11 is 13.9. The molecule has 7 aromatic rings. The Kier molecular flexibility index (Phi) is 20.6. The normalized spacial score (nSPS) is 15.8. The van der Waals surface area contributed by atoms with Crippen molar-refractivity contribution in [3.63, 3.8) is 0 Å². The second-order valence-electron chi connectivity index (χ2n) is 19.8. The van der Waals surface area contributed by atoms with Crippen LogP contribution in [0.3, 0.4) is 0 Å². The van der Waals surface area contributed by atoms with Gasteiger partial charge >= 0.3 is 0 Å². The number of benzene rings is 4. The fraction of sp³-hybridized carbons (Fsp3) is 0.433. The Bertz CT molecular complexity index is 2880. The summed E-state index contributed by atoms with van der Waals surface area (Å²) in [6, 6.07) is 30.5. The number of thiophene rings is 1. The van der Waals surface area contributed by atoms with Crippen molar-refractivity contribution in [1.82, 2.24) is 30.2 Å². The number of methoxy groups -OCH3 is 1. The van der Waals surface area contributed by atoms with Crippen LogP contribution in [-0.2, 0) is 20.7 Å². The molecule has 2 saturated heterocycles. The third-order valence-electron chi connectivity index (χ3n) is 14.7. The van der Waals surface area contributed by atoms with Crippen LogP contribution in [0.15, 0.2) is 124 Å². The van der Waals surface area contributed by atoms with E-state index in [1.54, 1.807) is 31.0 Å². The maximum absolute atomic E-state index is 14.6. The predicted octanol–water partition coefficient (Wildman–Crippen LogP) is 11.2. The van der Waals surface area contributed by atoms with E-state index in [0.717, 1.165) is 140 Å². The van der Waals surface area contributed by atoms with Crippen LogP contribution < -0.4 is 20.1 Å². The highest BCUT2D eigenvalue weighted by Crippen LogP contribution is 2.35. The van der Waals surface area contributed by atoms with Crippen molar-refractivity contribution >= 4 is 68.3 Å². The van der Waals surface area contributed by atoms with Gasteiger partial charge in [0.15, 0.2) is 0 Å². The Labute approximate surface area is 461 Å². The standard InChI is InChI=1S/C60H72Cl2N6O7S/c1-71-36-9-24-63-59(69)57(67-32-28-65(29-33-67)26-4-2-6-37-72-48-19-21-51-53(42-74-55(51)40-48)44-11-15-46(61)16-12-44)58(60(70)64-25-23-50-10-8-39-76-50)68-34-30-66(31-35-68)27-5-3-7-38-73-49-20-22-52-54(43-75-56(52)41-49)45-13-17-47(62)18-14-45/h8,10-22,39-43,57-58H,2-7,9,23-38H2,1H3,(H,63,69)(H,64,70). The third-order valence-corrected chi connectivity index (χ3v) is 16.1. The van der Waals surface area contributed by atoms with Crippen LogP contribution in [0.25, 0.3) is 44.2 Å². The second kappa shape index (κ2) is 28.3. The van der Waals surface area contributed by atoms with E-state index in [0.29, 0.717) is 75.6 Å². The summed E-state index contributed by atoms with van der Waals surface area (Å²) in [7, 11) is 1.67. The van der Waals surface area contributed by atoms with Crippen LogP contribution in [0.1, 0.15) is 49.8 Å². The Morgan fingerprint density at radius 2 is 1.07 bits per heavy atom. The molecule has 0 bridgehead atoms. The lowest BCUT2D eigenvalue weighted by molar-refractivity contribution is -0.140. The first-order valence-electron chi connectivity index (χ1n) is 27.1. The number of halogens is 2. The number of nitrogens with zero attached hydrogens (tertiary/aromatic N) is 4. The number of carbonyl (C=O) groups is 2. The first-order chi connectivity index (χ1) is 37.3. The zero-order valence-corrected chi connectivity index (χ0v) is 46.0. The lowest BCUT2D eigenvalue weighted by atomic mass is 9.99. The maximum atomic E-state index is 14.6. The third kappa shape index (κ3) is 15.2. The number of unbranched alkanes of at least 4 members (excludes halogenated alkanes) is 4. The largest absolute Gasteiger partial charge is 0.493 e. The molecule has 2 N–H and O–H groups in total. The molecule has 13 nitrogen and oxygen atoms in total. The Morgan fingerprint density at radius 1 is 0.579 bits per heavy atom. The monoisotopic (exact) mass is 1090 g/mol. The molecule has 2 aliphatic rings. The maximum Gasteiger partial charge on any atom is 0.239 e. The lowest BCUT2D eigenvalue weighted by Gasteiger charge is -2.46. The zero-order chi connectivity index (χ0) is 52.5. The predicted molar refractivity (Wildman–Crippen MR) is 306 cm³/mol. The fourth-order valence-corrected chi connectivity index (χ4v) is 11.4. The number of hydrogen-bond donors (Lipinski definition) is 2. The van der Waals surface area contributed by atoms with Gasteiger partial charge in [0.2, 0.25) is 11.8 Å². The van der Waals surface area contributed by atoms with Gasteiger partial charge in [-0.2, -0.15) is 0 Å². The van der Waals surface area contributed by atoms with Gasteiger partial charge in [-0.1, -0.05) is 53.5 Å². The summed E-state index contributed by atoms with van der Waals surface area (Å²) in [6.07, 6.45) is 11.1. The molecule has 2 aliphatic heterocycles. The van der Waals surface area contributed by atoms with Crippen molar-refractivity contribution in [2.75, 3.05) is 105 Å². The first kappa shape index (κ1) is 55.3. The molecule has 2 amide bonds. The summed E-state index contributed by atoms with van der Waals surface area (Å²) < 4.78 is 29.4. The van der Waals surface area contributed by atoms with Crippen molar-refractivity contribution in [3.8, 4) is 33.8 Å². The number of fused-ring (bicyclic) bond motifs is 2. The summed E-state index contributed by atoms with van der Waals surface area (Å²) in [5, 5.41) is 12.1. The molecule has 16 heteroatoms. The minimum absolute atomic E-state index is 0.0772. The molecule has 0 radical (unpaired) electrons. The van der Waals surface area contributed by atoms with Crippen molar-refractivity contribution < 1.29 is 32.6 Å². The Hall–Kier alpha value is -5.42. The minimum Gasteiger partial charge on any atom is -0.493 e. The van der Waals surface area contributed by atoms with E-state index in [-0.39, 0.29) is 11.8 Å². The fourth-order valence-electron chi connectivity index (χ4n) is 10.5. The average molecular weight is 1090 g/mol. The van der Waals surface area contributed by atoms with E-state index in [9.17, 15) is 9.59 Å². The molecule has 76 heavy (non-hydrogen) atoms. The topological polar surface area (TPSA) is 125 Å². The molecule has 2 atom stereocenters. The van der Waals surface area contributed by atoms with Gasteiger partial charge in [0.05, 0.1) is 25.7 Å². The van der Waals surface area contributed by atoms with Crippen LogP contribution in [0.4, 0.5) is 0 Å². The van der Waals surface area contributed by atoms with Gasteiger partial charge < -0.3 is 43.5 Å². The molecule has 0 spiro atoms. The van der Waals surface area contributed by atoms with Gasteiger partial charge in [0.25, 0.3) is 0 Å². The minimum atomic E-state index is -0.626. The molecule has 4 aromatic carbocycles. The van der Waals surface area contributed by atoms with E-state index in [1.165, 1.54) is 4.88 Å². The number of furan rings is 2. The number of ether oxygens (including phenoxy) is 3. The Balaban J connectivity index is 0.740. The van der Waals surface area contributed by atoms with Crippen LogP contribution >= 0.6 is 34.5 Å². The molecule has 2 fully saturated rings. The first-order valence-corrected chi connectivity index (χ1v) is 28.7. The molecular weight excluding hydrogens is 1020 g/mol. The van der Waals surface area contributed by atoms with Gasteiger partial charge in [-0.15, -0.1) is 11.3 Å². The Morgan fingerprint density at radius 3 is 1.53 bits per heavy atom. The number of carbonyl (C=O) groups excluding carboxylic acids is 2. The SMILES string of the molecule is COCCCNC(=O)C(C(C(=O)NCCc1cccs1)N1CCN(CCCCCOc2ccc3c(-c4ccc(Cl)cc4)coc3c2)CC1)N1CCN(CCCCCOc2ccc3c(-c4ccc(Cl)cc4)coc3c2)CC1. The average Bonchev–Trinajstić information content (AvgIpc) is 4.24. The highest BCUT2D eigenvalue weighted by Gasteiger charge is 2.43. The molecule has 3 aromatic heterocycles. The van der Waals surface area contributed by atoms with Gasteiger partial charge in [-0.05, 0) is 136 Å². The van der Waals surface area contributed by atoms with Crippen molar-refractivity contribution in [1.29, 1.82) is 0 Å². The molecule has 0 saturated carbocycles. The molecule has 5 heterocycles.